The summed E-state index contributed by atoms with van der Waals surface area (Å²) < 4.78 is 19.0. The maximum atomic E-state index is 13.5. The molecule has 5 nitrogen and oxygen atoms in total. The molecule has 1 aliphatic rings. The standard InChI is InChI=1S/C15H16FN3O2/c16-12-9-5-4-8-11(12)13(20)17-15-19-18-14(21-15)10-6-2-1-3-7-10/h4-5,8-10H,1-3,6-7H2,(H,17,19,20). The lowest BCUT2D eigenvalue weighted by Gasteiger charge is -2.17. The van der Waals surface area contributed by atoms with Crippen LogP contribution in [0, 0.1) is 5.82 Å². The van der Waals surface area contributed by atoms with Crippen molar-refractivity contribution < 1.29 is 13.6 Å². The van der Waals surface area contributed by atoms with Crippen LogP contribution in [-0.2, 0) is 0 Å². The van der Waals surface area contributed by atoms with Gasteiger partial charge < -0.3 is 4.42 Å². The summed E-state index contributed by atoms with van der Waals surface area (Å²) in [7, 11) is 0. The van der Waals surface area contributed by atoms with Gasteiger partial charge in [0, 0.05) is 5.92 Å². The molecule has 6 heteroatoms. The highest BCUT2D eigenvalue weighted by Crippen LogP contribution is 2.32. The quantitative estimate of drug-likeness (QED) is 0.938. The number of nitrogens with zero attached hydrogens (tertiary/aromatic N) is 2. The van der Waals surface area contributed by atoms with E-state index < -0.39 is 11.7 Å². The number of aromatic nitrogens is 2. The summed E-state index contributed by atoms with van der Waals surface area (Å²) in [5, 5.41) is 10.2. The molecule has 1 N–H and O–H groups in total. The molecule has 0 spiro atoms. The molecular weight excluding hydrogens is 273 g/mol. The SMILES string of the molecule is O=C(Nc1nnc(C2CCCCC2)o1)c1ccccc1F. The Morgan fingerprint density at radius 2 is 1.95 bits per heavy atom. The van der Waals surface area contributed by atoms with E-state index in [2.05, 4.69) is 15.5 Å². The molecule has 3 rings (SSSR count). The van der Waals surface area contributed by atoms with Gasteiger partial charge in [0.05, 0.1) is 5.56 Å². The van der Waals surface area contributed by atoms with E-state index in [0.29, 0.717) is 5.89 Å². The smallest absolute Gasteiger partial charge is 0.322 e. The van der Waals surface area contributed by atoms with Crippen molar-refractivity contribution in [2.45, 2.75) is 38.0 Å². The van der Waals surface area contributed by atoms with Gasteiger partial charge in [-0.15, -0.1) is 5.10 Å². The van der Waals surface area contributed by atoms with Crippen molar-refractivity contribution in [3.05, 3.63) is 41.5 Å². The average molecular weight is 289 g/mol. The molecule has 1 heterocycles. The predicted octanol–water partition coefficient (Wildman–Crippen LogP) is 3.51. The fourth-order valence-corrected chi connectivity index (χ4v) is 2.61. The van der Waals surface area contributed by atoms with Crippen molar-refractivity contribution in [2.24, 2.45) is 0 Å². The van der Waals surface area contributed by atoms with Gasteiger partial charge in [0.2, 0.25) is 5.89 Å². The first-order valence-electron chi connectivity index (χ1n) is 7.13. The van der Waals surface area contributed by atoms with Crippen LogP contribution in [0.5, 0.6) is 0 Å². The van der Waals surface area contributed by atoms with Crippen molar-refractivity contribution in [2.75, 3.05) is 5.32 Å². The summed E-state index contributed by atoms with van der Waals surface area (Å²) in [6, 6.07) is 5.78. The first-order chi connectivity index (χ1) is 10.2. The molecule has 0 aliphatic heterocycles. The molecule has 0 atom stereocenters. The Balaban J connectivity index is 1.69. The molecule has 1 saturated carbocycles. The topological polar surface area (TPSA) is 68.0 Å². The van der Waals surface area contributed by atoms with Crippen LogP contribution in [0.3, 0.4) is 0 Å². The van der Waals surface area contributed by atoms with Gasteiger partial charge in [0.15, 0.2) is 0 Å². The zero-order chi connectivity index (χ0) is 14.7. The van der Waals surface area contributed by atoms with Crippen molar-refractivity contribution in [1.82, 2.24) is 10.2 Å². The summed E-state index contributed by atoms with van der Waals surface area (Å²) in [6.07, 6.45) is 5.61. The number of hydrogen-bond acceptors (Lipinski definition) is 4. The minimum absolute atomic E-state index is 0.0174. The number of nitrogens with one attached hydrogen (secondary N) is 1. The van der Waals surface area contributed by atoms with Crippen LogP contribution in [0.1, 0.15) is 54.3 Å². The number of rotatable bonds is 3. The van der Waals surface area contributed by atoms with E-state index in [1.165, 1.54) is 24.6 Å². The van der Waals surface area contributed by atoms with E-state index in [0.717, 1.165) is 25.7 Å². The molecule has 0 unspecified atom stereocenters. The van der Waals surface area contributed by atoms with Gasteiger partial charge in [0.1, 0.15) is 5.82 Å². The third-order valence-electron chi connectivity index (χ3n) is 3.73. The molecule has 1 aromatic heterocycles. The molecule has 1 aromatic carbocycles. The number of carbonyl (C=O) groups is 1. The zero-order valence-electron chi connectivity index (χ0n) is 11.5. The Morgan fingerprint density at radius 3 is 2.71 bits per heavy atom. The van der Waals surface area contributed by atoms with Gasteiger partial charge in [-0.1, -0.05) is 36.5 Å². The molecule has 2 aromatic rings. The molecular formula is C15H16FN3O2. The van der Waals surface area contributed by atoms with E-state index in [1.54, 1.807) is 6.07 Å². The van der Waals surface area contributed by atoms with Crippen molar-refractivity contribution in [3.63, 3.8) is 0 Å². The Kier molecular flexibility index (Phi) is 3.94. The lowest BCUT2D eigenvalue weighted by Crippen LogP contribution is -2.13. The highest BCUT2D eigenvalue weighted by molar-refractivity contribution is 6.03. The van der Waals surface area contributed by atoms with Crippen molar-refractivity contribution in [1.29, 1.82) is 0 Å². The van der Waals surface area contributed by atoms with Crippen LogP contribution >= 0.6 is 0 Å². The lowest BCUT2D eigenvalue weighted by atomic mass is 9.89. The molecule has 1 amide bonds. The fourth-order valence-electron chi connectivity index (χ4n) is 2.61. The van der Waals surface area contributed by atoms with E-state index in [-0.39, 0.29) is 17.5 Å². The van der Waals surface area contributed by atoms with E-state index in [1.807, 2.05) is 0 Å². The lowest BCUT2D eigenvalue weighted by molar-refractivity contribution is 0.102. The van der Waals surface area contributed by atoms with Crippen LogP contribution in [-0.4, -0.2) is 16.1 Å². The van der Waals surface area contributed by atoms with Gasteiger partial charge in [-0.2, -0.15) is 0 Å². The molecule has 0 radical (unpaired) electrons. The molecule has 21 heavy (non-hydrogen) atoms. The molecule has 1 fully saturated rings. The highest BCUT2D eigenvalue weighted by atomic mass is 19.1. The monoisotopic (exact) mass is 289 g/mol. The van der Waals surface area contributed by atoms with Crippen molar-refractivity contribution in [3.8, 4) is 0 Å². The largest absolute Gasteiger partial charge is 0.408 e. The number of carbonyl (C=O) groups excluding carboxylic acids is 1. The summed E-state index contributed by atoms with van der Waals surface area (Å²) >= 11 is 0. The summed E-state index contributed by atoms with van der Waals surface area (Å²) in [6.45, 7) is 0. The van der Waals surface area contributed by atoms with Gasteiger partial charge in [-0.25, -0.2) is 4.39 Å². The first-order valence-corrected chi connectivity index (χ1v) is 7.13. The van der Waals surface area contributed by atoms with Crippen LogP contribution < -0.4 is 5.32 Å². The first kappa shape index (κ1) is 13.7. The highest BCUT2D eigenvalue weighted by Gasteiger charge is 2.22. The Labute approximate surface area is 121 Å². The summed E-state index contributed by atoms with van der Waals surface area (Å²) in [4.78, 5) is 11.9. The molecule has 0 bridgehead atoms. The zero-order valence-corrected chi connectivity index (χ0v) is 11.5. The number of anilines is 1. The molecule has 110 valence electrons. The third kappa shape index (κ3) is 3.09. The van der Waals surface area contributed by atoms with E-state index in [4.69, 9.17) is 4.42 Å². The predicted molar refractivity (Wildman–Crippen MR) is 74.5 cm³/mol. The van der Waals surface area contributed by atoms with E-state index in [9.17, 15) is 9.18 Å². The van der Waals surface area contributed by atoms with Gasteiger partial charge in [0.25, 0.3) is 5.91 Å². The van der Waals surface area contributed by atoms with Gasteiger partial charge >= 0.3 is 6.01 Å². The second-order valence-corrected chi connectivity index (χ2v) is 5.21. The molecule has 0 saturated heterocycles. The summed E-state index contributed by atoms with van der Waals surface area (Å²) in [5.41, 5.74) is -0.0464. The van der Waals surface area contributed by atoms with Crippen LogP contribution in [0.25, 0.3) is 0 Å². The molecule has 1 aliphatic carbocycles. The second-order valence-electron chi connectivity index (χ2n) is 5.21. The number of amides is 1. The Hall–Kier alpha value is -2.24. The van der Waals surface area contributed by atoms with E-state index >= 15 is 0 Å². The van der Waals surface area contributed by atoms with Gasteiger partial charge in [-0.3, -0.25) is 10.1 Å². The second kappa shape index (κ2) is 6.03. The number of benzene rings is 1. The minimum atomic E-state index is -0.591. The number of hydrogen-bond donors (Lipinski definition) is 1. The summed E-state index contributed by atoms with van der Waals surface area (Å²) in [5.74, 6) is -0.349. The van der Waals surface area contributed by atoms with Gasteiger partial charge in [-0.05, 0) is 25.0 Å². The number of halogens is 1. The average Bonchev–Trinajstić information content (AvgIpc) is 2.97. The van der Waals surface area contributed by atoms with Crippen LogP contribution in [0.15, 0.2) is 28.7 Å². The van der Waals surface area contributed by atoms with Crippen molar-refractivity contribution >= 4 is 11.9 Å². The third-order valence-corrected chi connectivity index (χ3v) is 3.73. The maximum Gasteiger partial charge on any atom is 0.322 e. The maximum absolute atomic E-state index is 13.5. The Morgan fingerprint density at radius 1 is 1.19 bits per heavy atom. The minimum Gasteiger partial charge on any atom is -0.408 e. The van der Waals surface area contributed by atoms with Crippen LogP contribution in [0.2, 0.25) is 0 Å². The normalized spacial score (nSPS) is 15.9. The van der Waals surface area contributed by atoms with Crippen LogP contribution in [0.4, 0.5) is 10.4 Å². The Bertz CT molecular complexity index is 635. The fraction of sp³-hybridized carbons (Fsp3) is 0.400.